The summed E-state index contributed by atoms with van der Waals surface area (Å²) in [6.07, 6.45) is 2.17. The number of alkyl carbamates (subject to hydrolysis) is 2. The zero-order valence-electron chi connectivity index (χ0n) is 41.7. The van der Waals surface area contributed by atoms with Crippen molar-refractivity contribution in [3.05, 3.63) is 191 Å². The summed E-state index contributed by atoms with van der Waals surface area (Å²) >= 11 is 0. The van der Waals surface area contributed by atoms with Crippen molar-refractivity contribution < 1.29 is 53.1 Å². The smallest absolute Gasteiger partial charge is 0.407 e. The van der Waals surface area contributed by atoms with Crippen LogP contribution in [-0.2, 0) is 18.9 Å². The van der Waals surface area contributed by atoms with Crippen LogP contribution in [0.1, 0.15) is 80.7 Å². The molecule has 75 heavy (non-hydrogen) atoms. The van der Waals surface area contributed by atoms with Crippen molar-refractivity contribution >= 4 is 45.9 Å². The molecule has 4 N–H and O–H groups in total. The number of carbonyl (C=O) groups excluding carboxylic acids is 4. The first-order chi connectivity index (χ1) is 36.6. The summed E-state index contributed by atoms with van der Waals surface area (Å²) in [5, 5.41) is 25.2. The van der Waals surface area contributed by atoms with Gasteiger partial charge >= 0.3 is 24.1 Å². The number of rotatable bonds is 16. The molecule has 0 radical (unpaired) electrons. The Balaban J connectivity index is 0.000000166. The summed E-state index contributed by atoms with van der Waals surface area (Å²) < 4.78 is 26.1. The molecule has 2 heterocycles. The molecule has 2 aliphatic rings. The third-order valence-corrected chi connectivity index (χ3v) is 12.8. The second-order valence-electron chi connectivity index (χ2n) is 17.6. The van der Waals surface area contributed by atoms with Crippen LogP contribution < -0.4 is 15.4 Å². The van der Waals surface area contributed by atoms with Gasteiger partial charge in [0.25, 0.3) is 0 Å². The number of pyridine rings is 2. The highest BCUT2D eigenvalue weighted by Crippen LogP contribution is 2.45. The number of carbonyl (C=O) groups is 4. The second-order valence-corrected chi connectivity index (χ2v) is 17.6. The number of hydrogen-bond donors (Lipinski definition) is 4. The van der Waals surface area contributed by atoms with Crippen LogP contribution in [0, 0.1) is 0 Å². The minimum Gasteiger partial charge on any atom is -0.508 e. The monoisotopic (exact) mass is 1010 g/mol. The number of aliphatic hydroxyl groups is 1. The molecular weight excluding hydrogens is 953 g/mol. The van der Waals surface area contributed by atoms with Crippen molar-refractivity contribution in [3.8, 4) is 33.8 Å². The molecule has 0 bridgehead atoms. The topological polar surface area (TPSA) is 205 Å². The standard InChI is InChI=1S/C30H28N2O5.C19H21NO3.C11H9NO3/c1-35-29(33)28-14-12-20-18-21(13-15-27(20)32-28)36-17-7-6-16-31-30(34)37-19-26-24-10-4-2-8-22(24)23-9-3-5-11-25(23)26;21-12-6-5-11-20-19(22)23-13-18-16-9-3-1-7-14(16)15-8-2-4-10-17(15)18;1-15-11(14)10-4-2-7-6-8(13)3-5-9(7)12-10/h2-5,8-15,18,26H,6-7,16-17,19H2,1H3,(H,31,34);1-4,7-10,18,21H,5-6,11-13H2,(H,20,22);2-6,13H,1H3. The number of aromatic nitrogens is 2. The highest BCUT2D eigenvalue weighted by molar-refractivity contribution is 5.92. The zero-order valence-corrected chi connectivity index (χ0v) is 41.7. The highest BCUT2D eigenvalue weighted by Gasteiger charge is 2.30. The number of nitrogens with zero attached hydrogens (tertiary/aromatic N) is 2. The average molecular weight is 1010 g/mol. The van der Waals surface area contributed by atoms with Crippen LogP contribution in [0.5, 0.6) is 11.5 Å². The molecule has 0 unspecified atom stereocenters. The van der Waals surface area contributed by atoms with E-state index in [0.717, 1.165) is 35.8 Å². The quantitative estimate of drug-likeness (QED) is 0.0405. The molecule has 8 aromatic rings. The molecule has 0 spiro atoms. The predicted octanol–water partition coefficient (Wildman–Crippen LogP) is 10.7. The normalized spacial score (nSPS) is 11.8. The number of aliphatic hydroxyl groups excluding tert-OH is 1. The van der Waals surface area contributed by atoms with Crippen LogP contribution >= 0.6 is 0 Å². The number of hydrogen-bond acceptors (Lipinski definition) is 13. The summed E-state index contributed by atoms with van der Waals surface area (Å²) in [7, 11) is 2.64. The SMILES string of the molecule is COC(=O)c1ccc2cc(O)ccc2n1.COC(=O)c1ccc2cc(OCCCCNC(=O)OCC3c4ccccc4-c4ccccc43)ccc2n1.O=C(NCCCCO)OCC1c2ccccc2-c2ccccc21. The maximum absolute atomic E-state index is 12.3. The predicted molar refractivity (Wildman–Crippen MR) is 285 cm³/mol. The fourth-order valence-corrected chi connectivity index (χ4v) is 9.08. The lowest BCUT2D eigenvalue weighted by Crippen LogP contribution is -2.27. The van der Waals surface area contributed by atoms with Gasteiger partial charge in [-0.05, 0) is 119 Å². The van der Waals surface area contributed by atoms with Gasteiger partial charge in [-0.25, -0.2) is 29.1 Å². The summed E-state index contributed by atoms with van der Waals surface area (Å²) in [5.41, 5.74) is 11.6. The van der Waals surface area contributed by atoms with Crippen molar-refractivity contribution in [2.75, 3.05) is 53.7 Å². The molecule has 2 amide bonds. The Morgan fingerprint density at radius 2 is 0.933 bits per heavy atom. The number of benzene rings is 6. The van der Waals surface area contributed by atoms with Gasteiger partial charge in [0.1, 0.15) is 36.1 Å². The maximum Gasteiger partial charge on any atom is 0.407 e. The Labute approximate surface area is 434 Å². The first kappa shape index (κ1) is 52.5. The number of phenolic OH excluding ortho intramolecular Hbond substituents is 1. The van der Waals surface area contributed by atoms with Crippen molar-refractivity contribution in [2.24, 2.45) is 0 Å². The molecule has 15 nitrogen and oxygen atoms in total. The number of fused-ring (bicyclic) bond motifs is 8. The largest absolute Gasteiger partial charge is 0.508 e. The number of esters is 2. The van der Waals surface area contributed by atoms with Gasteiger partial charge in [-0.2, -0.15) is 0 Å². The van der Waals surface area contributed by atoms with E-state index in [1.54, 1.807) is 30.3 Å². The average Bonchev–Trinajstić information content (AvgIpc) is 3.96. The van der Waals surface area contributed by atoms with E-state index in [-0.39, 0.29) is 35.6 Å². The van der Waals surface area contributed by atoms with E-state index in [0.29, 0.717) is 50.4 Å². The summed E-state index contributed by atoms with van der Waals surface area (Å²) in [4.78, 5) is 55.3. The number of amides is 2. The van der Waals surface area contributed by atoms with Crippen LogP contribution in [0.2, 0.25) is 0 Å². The van der Waals surface area contributed by atoms with Crippen LogP contribution in [0.25, 0.3) is 44.1 Å². The lowest BCUT2D eigenvalue weighted by molar-refractivity contribution is 0.0586. The lowest BCUT2D eigenvalue weighted by Gasteiger charge is -2.14. The molecule has 15 heteroatoms. The van der Waals surface area contributed by atoms with Gasteiger partial charge in [-0.15, -0.1) is 0 Å². The van der Waals surface area contributed by atoms with Crippen LogP contribution in [0.15, 0.2) is 158 Å². The van der Waals surface area contributed by atoms with Crippen molar-refractivity contribution in [1.29, 1.82) is 0 Å². The molecule has 2 aromatic heterocycles. The zero-order chi connectivity index (χ0) is 52.5. The van der Waals surface area contributed by atoms with E-state index in [1.165, 1.54) is 64.8 Å². The molecular formula is C60H58N4O11. The van der Waals surface area contributed by atoms with Gasteiger partial charge in [-0.3, -0.25) is 0 Å². The van der Waals surface area contributed by atoms with Gasteiger partial charge < -0.3 is 44.5 Å². The van der Waals surface area contributed by atoms with Gasteiger partial charge in [0.15, 0.2) is 0 Å². The molecule has 0 saturated heterocycles. The molecule has 0 saturated carbocycles. The van der Waals surface area contributed by atoms with Gasteiger partial charge in [-0.1, -0.05) is 109 Å². The number of unbranched alkanes of at least 4 members (excludes halogenated alkanes) is 2. The molecule has 0 aliphatic heterocycles. The van der Waals surface area contributed by atoms with E-state index in [1.807, 2.05) is 72.8 Å². The first-order valence-corrected chi connectivity index (χ1v) is 24.7. The highest BCUT2D eigenvalue weighted by atomic mass is 16.6. The van der Waals surface area contributed by atoms with Gasteiger partial charge in [0.2, 0.25) is 0 Å². The Bertz CT molecular complexity index is 3200. The summed E-state index contributed by atoms with van der Waals surface area (Å²) in [6.45, 7) is 2.34. The second kappa shape index (κ2) is 25.7. The number of nitrogens with one attached hydrogen (secondary N) is 2. The molecule has 2 aliphatic carbocycles. The summed E-state index contributed by atoms with van der Waals surface area (Å²) in [5.74, 6) is 0.111. The molecule has 0 atom stereocenters. The summed E-state index contributed by atoms with van der Waals surface area (Å²) in [6, 6.07) is 50.1. The molecule has 10 rings (SSSR count). The van der Waals surface area contributed by atoms with E-state index in [4.69, 9.17) is 24.1 Å². The molecule has 6 aromatic carbocycles. The number of phenols is 1. The fraction of sp³-hybridized carbons (Fsp3) is 0.233. The lowest BCUT2D eigenvalue weighted by atomic mass is 9.98. The van der Waals surface area contributed by atoms with Crippen molar-refractivity contribution in [2.45, 2.75) is 37.5 Å². The van der Waals surface area contributed by atoms with Gasteiger partial charge in [0.05, 0.1) is 31.9 Å². The Hall–Kier alpha value is -8.82. The minimum absolute atomic E-state index is 0.0516. The fourth-order valence-electron chi connectivity index (χ4n) is 9.08. The first-order valence-electron chi connectivity index (χ1n) is 24.7. The van der Waals surface area contributed by atoms with Gasteiger partial charge in [0, 0.05) is 42.3 Å². The number of methoxy groups -OCH3 is 2. The Morgan fingerprint density at radius 3 is 1.39 bits per heavy atom. The van der Waals surface area contributed by atoms with E-state index < -0.39 is 24.1 Å². The molecule has 0 fully saturated rings. The number of aromatic hydroxyl groups is 1. The van der Waals surface area contributed by atoms with E-state index in [2.05, 4.69) is 73.9 Å². The minimum atomic E-state index is -0.468. The van der Waals surface area contributed by atoms with Crippen LogP contribution in [-0.4, -0.2) is 98.0 Å². The third-order valence-electron chi connectivity index (χ3n) is 12.8. The van der Waals surface area contributed by atoms with Crippen LogP contribution in [0.3, 0.4) is 0 Å². The Kier molecular flexibility index (Phi) is 18.0. The van der Waals surface area contributed by atoms with E-state index >= 15 is 0 Å². The van der Waals surface area contributed by atoms with E-state index in [9.17, 15) is 24.3 Å². The number of ether oxygens (including phenoxy) is 5. The Morgan fingerprint density at radius 1 is 0.507 bits per heavy atom. The van der Waals surface area contributed by atoms with Crippen molar-refractivity contribution in [1.82, 2.24) is 20.6 Å². The maximum atomic E-state index is 12.3. The van der Waals surface area contributed by atoms with Crippen LogP contribution in [0.4, 0.5) is 9.59 Å². The third kappa shape index (κ3) is 13.2. The molecule has 384 valence electrons. The van der Waals surface area contributed by atoms with Crippen molar-refractivity contribution in [3.63, 3.8) is 0 Å².